The summed E-state index contributed by atoms with van der Waals surface area (Å²) in [4.78, 5) is 24.0. The summed E-state index contributed by atoms with van der Waals surface area (Å²) < 4.78 is 10.9. The fourth-order valence-electron chi connectivity index (χ4n) is 2.15. The van der Waals surface area contributed by atoms with Crippen LogP contribution in [0, 0.1) is 0 Å². The van der Waals surface area contributed by atoms with Gasteiger partial charge in [0, 0.05) is 0 Å². The number of carbonyl (C=O) groups excluding carboxylic acids is 2. The van der Waals surface area contributed by atoms with Crippen molar-refractivity contribution in [2.45, 2.75) is 26.4 Å². The van der Waals surface area contributed by atoms with E-state index in [9.17, 15) is 9.59 Å². The Kier molecular flexibility index (Phi) is 7.76. The van der Waals surface area contributed by atoms with E-state index in [-0.39, 0.29) is 6.42 Å². The molecule has 1 atom stereocenters. The van der Waals surface area contributed by atoms with Crippen LogP contribution in [-0.4, -0.2) is 24.5 Å². The van der Waals surface area contributed by atoms with Gasteiger partial charge in [-0.2, -0.15) is 0 Å². The highest BCUT2D eigenvalue weighted by molar-refractivity contribution is 6.42. The number of nitrogens with one attached hydrogen (secondary N) is 2. The molecule has 2 aromatic rings. The number of hydrogen-bond donors (Lipinski definition) is 2. The van der Waals surface area contributed by atoms with Gasteiger partial charge in [-0.1, -0.05) is 29.3 Å². The van der Waals surface area contributed by atoms with Crippen molar-refractivity contribution in [3.05, 3.63) is 58.1 Å². The Morgan fingerprint density at radius 2 is 1.67 bits per heavy atom. The van der Waals surface area contributed by atoms with Gasteiger partial charge in [0.1, 0.15) is 11.5 Å². The molecule has 0 aliphatic rings. The Labute approximate surface area is 167 Å². The maximum absolute atomic E-state index is 12.1. The SMILES string of the molecule is CCOc1ccc(O[C@@H](C)C(=O)NNC(=O)Cc2ccc(Cl)c(Cl)c2)cc1. The van der Waals surface area contributed by atoms with Crippen LogP contribution in [0.15, 0.2) is 42.5 Å². The van der Waals surface area contributed by atoms with Gasteiger partial charge in [0.15, 0.2) is 6.10 Å². The van der Waals surface area contributed by atoms with Gasteiger partial charge < -0.3 is 9.47 Å². The molecular formula is C19H20Cl2N2O4. The summed E-state index contributed by atoms with van der Waals surface area (Å²) in [5.74, 6) is 0.362. The van der Waals surface area contributed by atoms with Gasteiger partial charge in [0.2, 0.25) is 5.91 Å². The van der Waals surface area contributed by atoms with Crippen molar-refractivity contribution in [3.8, 4) is 11.5 Å². The van der Waals surface area contributed by atoms with Gasteiger partial charge in [-0.05, 0) is 55.8 Å². The van der Waals surface area contributed by atoms with Crippen molar-refractivity contribution in [1.82, 2.24) is 10.9 Å². The topological polar surface area (TPSA) is 76.7 Å². The first kappa shape index (κ1) is 20.9. The van der Waals surface area contributed by atoms with Crippen LogP contribution >= 0.6 is 23.2 Å². The zero-order valence-electron chi connectivity index (χ0n) is 14.9. The third kappa shape index (κ3) is 6.66. The quantitative estimate of drug-likeness (QED) is 0.684. The van der Waals surface area contributed by atoms with Crippen molar-refractivity contribution >= 4 is 35.0 Å². The van der Waals surface area contributed by atoms with E-state index in [0.717, 1.165) is 5.75 Å². The molecule has 2 N–H and O–H groups in total. The van der Waals surface area contributed by atoms with E-state index in [0.29, 0.717) is 28.0 Å². The number of hydrazine groups is 1. The molecule has 0 aliphatic heterocycles. The zero-order chi connectivity index (χ0) is 19.8. The van der Waals surface area contributed by atoms with Crippen LogP contribution in [0.1, 0.15) is 19.4 Å². The number of ether oxygens (including phenoxy) is 2. The molecule has 0 aromatic heterocycles. The number of hydrogen-bond acceptors (Lipinski definition) is 4. The fraction of sp³-hybridized carbons (Fsp3) is 0.263. The molecule has 2 amide bonds. The lowest BCUT2D eigenvalue weighted by atomic mass is 10.1. The van der Waals surface area contributed by atoms with Crippen molar-refractivity contribution in [3.63, 3.8) is 0 Å². The van der Waals surface area contributed by atoms with Gasteiger partial charge >= 0.3 is 0 Å². The molecule has 0 saturated carbocycles. The molecule has 144 valence electrons. The summed E-state index contributed by atoms with van der Waals surface area (Å²) in [6, 6.07) is 11.8. The standard InChI is InChI=1S/C19H20Cl2N2O4/c1-3-26-14-5-7-15(8-6-14)27-12(2)19(25)23-22-18(24)11-13-4-9-16(20)17(21)10-13/h4-10,12H,3,11H2,1-2H3,(H,22,24)(H,23,25)/t12-/m0/s1. The van der Waals surface area contributed by atoms with E-state index < -0.39 is 17.9 Å². The lowest BCUT2D eigenvalue weighted by Crippen LogP contribution is -2.47. The summed E-state index contributed by atoms with van der Waals surface area (Å²) in [6.07, 6.45) is -0.751. The van der Waals surface area contributed by atoms with E-state index >= 15 is 0 Å². The van der Waals surface area contributed by atoms with Crippen LogP contribution in [-0.2, 0) is 16.0 Å². The molecular weight excluding hydrogens is 391 g/mol. The van der Waals surface area contributed by atoms with E-state index in [1.807, 2.05) is 6.92 Å². The molecule has 2 rings (SSSR count). The molecule has 0 heterocycles. The number of rotatable bonds is 7. The van der Waals surface area contributed by atoms with Crippen LogP contribution in [0.25, 0.3) is 0 Å². The monoisotopic (exact) mass is 410 g/mol. The molecule has 0 bridgehead atoms. The zero-order valence-corrected chi connectivity index (χ0v) is 16.4. The molecule has 0 saturated heterocycles. The first-order valence-electron chi connectivity index (χ1n) is 8.31. The van der Waals surface area contributed by atoms with E-state index in [2.05, 4.69) is 10.9 Å². The summed E-state index contributed by atoms with van der Waals surface area (Å²) in [6.45, 7) is 4.05. The first-order valence-corrected chi connectivity index (χ1v) is 9.06. The van der Waals surface area contributed by atoms with Crippen molar-refractivity contribution in [2.75, 3.05) is 6.61 Å². The average molecular weight is 411 g/mol. The highest BCUT2D eigenvalue weighted by Crippen LogP contribution is 2.22. The van der Waals surface area contributed by atoms with Gasteiger partial charge in [0.25, 0.3) is 5.91 Å². The van der Waals surface area contributed by atoms with Crippen molar-refractivity contribution in [2.24, 2.45) is 0 Å². The number of benzene rings is 2. The Bertz CT molecular complexity index is 797. The second-order valence-corrected chi connectivity index (χ2v) is 6.44. The second-order valence-electron chi connectivity index (χ2n) is 5.63. The smallest absolute Gasteiger partial charge is 0.279 e. The van der Waals surface area contributed by atoms with E-state index in [1.165, 1.54) is 0 Å². The van der Waals surface area contributed by atoms with Crippen LogP contribution in [0.3, 0.4) is 0 Å². The predicted octanol–water partition coefficient (Wildman–Crippen LogP) is 3.55. The molecule has 0 fully saturated rings. The van der Waals surface area contributed by atoms with Crippen LogP contribution in [0.5, 0.6) is 11.5 Å². The minimum absolute atomic E-state index is 0.0469. The van der Waals surface area contributed by atoms with E-state index in [4.69, 9.17) is 32.7 Å². The minimum Gasteiger partial charge on any atom is -0.494 e. The van der Waals surface area contributed by atoms with Crippen LogP contribution < -0.4 is 20.3 Å². The molecule has 2 aromatic carbocycles. The van der Waals surface area contributed by atoms with E-state index in [1.54, 1.807) is 49.4 Å². The Morgan fingerprint density at radius 1 is 1.00 bits per heavy atom. The van der Waals surface area contributed by atoms with Crippen LogP contribution in [0.4, 0.5) is 0 Å². The third-order valence-corrected chi connectivity index (χ3v) is 4.23. The molecule has 8 heteroatoms. The lowest BCUT2D eigenvalue weighted by molar-refractivity contribution is -0.132. The average Bonchev–Trinajstić information content (AvgIpc) is 2.64. The normalized spacial score (nSPS) is 11.4. The maximum atomic E-state index is 12.1. The summed E-state index contributed by atoms with van der Waals surface area (Å²) >= 11 is 11.7. The minimum atomic E-state index is -0.798. The summed E-state index contributed by atoms with van der Waals surface area (Å²) in [7, 11) is 0. The Balaban J connectivity index is 1.79. The van der Waals surface area contributed by atoms with Crippen LogP contribution in [0.2, 0.25) is 10.0 Å². The largest absolute Gasteiger partial charge is 0.494 e. The highest BCUT2D eigenvalue weighted by atomic mass is 35.5. The number of amides is 2. The van der Waals surface area contributed by atoms with Crippen molar-refractivity contribution in [1.29, 1.82) is 0 Å². The Hall–Kier alpha value is -2.44. The number of halogens is 2. The Morgan fingerprint density at radius 3 is 2.30 bits per heavy atom. The lowest BCUT2D eigenvalue weighted by Gasteiger charge is -2.15. The molecule has 0 spiro atoms. The molecule has 27 heavy (non-hydrogen) atoms. The molecule has 0 aliphatic carbocycles. The first-order chi connectivity index (χ1) is 12.9. The van der Waals surface area contributed by atoms with Gasteiger partial charge in [-0.25, -0.2) is 0 Å². The second kappa shape index (κ2) is 10.0. The summed E-state index contributed by atoms with van der Waals surface area (Å²) in [5, 5.41) is 0.776. The number of carbonyl (C=O) groups is 2. The van der Waals surface area contributed by atoms with Gasteiger partial charge in [-0.15, -0.1) is 0 Å². The maximum Gasteiger partial charge on any atom is 0.279 e. The van der Waals surface area contributed by atoms with Crippen molar-refractivity contribution < 1.29 is 19.1 Å². The molecule has 0 unspecified atom stereocenters. The fourth-order valence-corrected chi connectivity index (χ4v) is 2.47. The summed E-state index contributed by atoms with van der Waals surface area (Å²) in [5.41, 5.74) is 5.35. The highest BCUT2D eigenvalue weighted by Gasteiger charge is 2.15. The van der Waals surface area contributed by atoms with Gasteiger partial charge in [0.05, 0.1) is 23.1 Å². The van der Waals surface area contributed by atoms with Gasteiger partial charge in [-0.3, -0.25) is 20.4 Å². The third-order valence-electron chi connectivity index (χ3n) is 3.49. The molecule has 0 radical (unpaired) electrons. The molecule has 6 nitrogen and oxygen atoms in total. The predicted molar refractivity (Wildman–Crippen MR) is 104 cm³/mol.